The zero-order chi connectivity index (χ0) is 10.0. The smallest absolute Gasteiger partial charge is 0.102 e. The molecule has 64 valence electrons. The van der Waals surface area contributed by atoms with E-state index in [2.05, 4.69) is 0 Å². The first-order chi connectivity index (χ1) is 6.11. The maximum Gasteiger partial charge on any atom is 0.102 e. The van der Waals surface area contributed by atoms with Gasteiger partial charge in [0.25, 0.3) is 0 Å². The number of halogens is 3. The normalized spacial score (nSPS) is 9.00. The van der Waals surface area contributed by atoms with Crippen LogP contribution in [-0.2, 0) is 0 Å². The van der Waals surface area contributed by atoms with E-state index in [1.54, 1.807) is 12.1 Å². The predicted molar refractivity (Wildman–Crippen MR) is 50.9 cm³/mol. The van der Waals surface area contributed by atoms with Gasteiger partial charge < -0.3 is 0 Å². The van der Waals surface area contributed by atoms with Crippen LogP contribution in [0.2, 0.25) is 15.1 Å². The molecule has 0 aromatic heterocycles. The Hall–Kier alpha value is -0.930. The van der Waals surface area contributed by atoms with Crippen molar-refractivity contribution in [3.63, 3.8) is 0 Å². The molecule has 1 aromatic rings. The Morgan fingerprint density at radius 3 is 2.08 bits per heavy atom. The van der Waals surface area contributed by atoms with Gasteiger partial charge in [-0.05, 0) is 6.07 Å². The van der Waals surface area contributed by atoms with Gasteiger partial charge in [0.2, 0.25) is 0 Å². The average molecular weight is 231 g/mol. The molecule has 0 saturated heterocycles. The van der Waals surface area contributed by atoms with Crippen LogP contribution < -0.4 is 0 Å². The summed E-state index contributed by atoms with van der Waals surface area (Å²) in [6.07, 6.45) is 0. The molecule has 0 aliphatic heterocycles. The van der Waals surface area contributed by atoms with Crippen LogP contribution in [0.25, 0.3) is 0 Å². The molecular formula is C8HCl3N2. The first-order valence-electron chi connectivity index (χ1n) is 3.09. The van der Waals surface area contributed by atoms with Gasteiger partial charge in [0.15, 0.2) is 0 Å². The molecule has 0 heterocycles. The summed E-state index contributed by atoms with van der Waals surface area (Å²) in [4.78, 5) is 0. The lowest BCUT2D eigenvalue weighted by atomic mass is 10.1. The van der Waals surface area contributed by atoms with E-state index in [4.69, 9.17) is 45.3 Å². The summed E-state index contributed by atoms with van der Waals surface area (Å²) in [6.45, 7) is 0. The van der Waals surface area contributed by atoms with E-state index >= 15 is 0 Å². The quantitative estimate of drug-likeness (QED) is 0.643. The highest BCUT2D eigenvalue weighted by atomic mass is 35.5. The lowest BCUT2D eigenvalue weighted by Crippen LogP contribution is -1.87. The SMILES string of the molecule is N#Cc1cc(Cl)c(Cl)c(Cl)c1C#N. The molecule has 0 bridgehead atoms. The van der Waals surface area contributed by atoms with E-state index in [1.165, 1.54) is 6.07 Å². The Labute approximate surface area is 89.9 Å². The minimum absolute atomic E-state index is 0.0215. The van der Waals surface area contributed by atoms with Crippen molar-refractivity contribution in [1.29, 1.82) is 10.5 Å². The standard InChI is InChI=1S/C8HCl3N2/c9-6-1-4(2-12)5(3-13)7(10)8(6)11/h1H. The Bertz CT molecular complexity index is 440. The van der Waals surface area contributed by atoms with E-state index in [-0.39, 0.29) is 26.2 Å². The maximum absolute atomic E-state index is 8.66. The highest BCUT2D eigenvalue weighted by molar-refractivity contribution is 6.48. The van der Waals surface area contributed by atoms with Gasteiger partial charge in [0.1, 0.15) is 12.1 Å². The van der Waals surface area contributed by atoms with Crippen molar-refractivity contribution in [3.05, 3.63) is 32.3 Å². The van der Waals surface area contributed by atoms with Gasteiger partial charge in [-0.2, -0.15) is 10.5 Å². The van der Waals surface area contributed by atoms with E-state index in [9.17, 15) is 0 Å². The second-order valence-corrected chi connectivity index (χ2v) is 3.30. The number of benzene rings is 1. The molecule has 2 nitrogen and oxygen atoms in total. The van der Waals surface area contributed by atoms with Gasteiger partial charge in [-0.15, -0.1) is 0 Å². The van der Waals surface area contributed by atoms with Crippen LogP contribution in [0.5, 0.6) is 0 Å². The van der Waals surface area contributed by atoms with E-state index in [1.807, 2.05) is 0 Å². The monoisotopic (exact) mass is 230 g/mol. The van der Waals surface area contributed by atoms with Crippen LogP contribution >= 0.6 is 34.8 Å². The zero-order valence-corrected chi connectivity index (χ0v) is 8.37. The molecule has 13 heavy (non-hydrogen) atoms. The summed E-state index contributed by atoms with van der Waals surface area (Å²) in [6, 6.07) is 4.90. The second kappa shape index (κ2) is 3.85. The Balaban J connectivity index is 3.63. The lowest BCUT2D eigenvalue weighted by molar-refractivity contribution is 1.43. The number of rotatable bonds is 0. The Kier molecular flexibility index (Phi) is 3.01. The van der Waals surface area contributed by atoms with Gasteiger partial charge in [-0.1, -0.05) is 34.8 Å². The molecule has 0 radical (unpaired) electrons. The fraction of sp³-hybridized carbons (Fsp3) is 0. The van der Waals surface area contributed by atoms with Gasteiger partial charge in [-0.3, -0.25) is 0 Å². The number of nitriles is 2. The molecule has 0 atom stereocenters. The van der Waals surface area contributed by atoms with Gasteiger partial charge >= 0.3 is 0 Å². The van der Waals surface area contributed by atoms with Crippen molar-refractivity contribution in [3.8, 4) is 12.1 Å². The Morgan fingerprint density at radius 1 is 1.00 bits per heavy atom. The van der Waals surface area contributed by atoms with Crippen molar-refractivity contribution in [2.45, 2.75) is 0 Å². The molecule has 1 aromatic carbocycles. The van der Waals surface area contributed by atoms with Crippen LogP contribution in [-0.4, -0.2) is 0 Å². The van der Waals surface area contributed by atoms with Crippen molar-refractivity contribution in [2.75, 3.05) is 0 Å². The summed E-state index contributed by atoms with van der Waals surface area (Å²) in [5.74, 6) is 0. The van der Waals surface area contributed by atoms with E-state index in [0.29, 0.717) is 0 Å². The molecule has 0 N–H and O–H groups in total. The highest BCUT2D eigenvalue weighted by Crippen LogP contribution is 2.34. The Morgan fingerprint density at radius 2 is 1.62 bits per heavy atom. The van der Waals surface area contributed by atoms with Crippen molar-refractivity contribution in [2.24, 2.45) is 0 Å². The summed E-state index contributed by atoms with van der Waals surface area (Å²) in [5, 5.41) is 17.6. The minimum atomic E-state index is 0.0215. The molecule has 0 saturated carbocycles. The van der Waals surface area contributed by atoms with Crippen molar-refractivity contribution in [1.82, 2.24) is 0 Å². The molecule has 0 spiro atoms. The van der Waals surface area contributed by atoms with Gasteiger partial charge in [0.05, 0.1) is 26.2 Å². The van der Waals surface area contributed by atoms with Crippen LogP contribution in [0, 0.1) is 22.7 Å². The number of hydrogen-bond donors (Lipinski definition) is 0. The maximum atomic E-state index is 8.66. The first kappa shape index (κ1) is 10.2. The van der Waals surface area contributed by atoms with Crippen LogP contribution in [0.15, 0.2) is 6.07 Å². The second-order valence-electron chi connectivity index (χ2n) is 2.13. The largest absolute Gasteiger partial charge is 0.192 e. The molecule has 0 unspecified atom stereocenters. The lowest BCUT2D eigenvalue weighted by Gasteiger charge is -2.02. The fourth-order valence-corrected chi connectivity index (χ4v) is 1.44. The van der Waals surface area contributed by atoms with Gasteiger partial charge in [0, 0.05) is 0 Å². The average Bonchev–Trinajstić information content (AvgIpc) is 2.13. The number of nitrogens with zero attached hydrogens (tertiary/aromatic N) is 2. The third-order valence-corrected chi connectivity index (χ3v) is 2.66. The molecule has 1 rings (SSSR count). The van der Waals surface area contributed by atoms with E-state index in [0.717, 1.165) is 0 Å². The minimum Gasteiger partial charge on any atom is -0.192 e. The molecule has 0 amide bonds. The zero-order valence-electron chi connectivity index (χ0n) is 6.11. The van der Waals surface area contributed by atoms with Crippen molar-refractivity contribution < 1.29 is 0 Å². The summed E-state index contributed by atoms with van der Waals surface area (Å²) >= 11 is 17.0. The molecule has 5 heteroatoms. The predicted octanol–water partition coefficient (Wildman–Crippen LogP) is 3.39. The topological polar surface area (TPSA) is 47.6 Å². The molecule has 0 aliphatic rings. The van der Waals surface area contributed by atoms with Crippen LogP contribution in [0.1, 0.15) is 11.1 Å². The summed E-state index contributed by atoms with van der Waals surface area (Å²) < 4.78 is 0. The van der Waals surface area contributed by atoms with Gasteiger partial charge in [-0.25, -0.2) is 0 Å². The molecule has 0 aliphatic carbocycles. The fourth-order valence-electron chi connectivity index (χ4n) is 0.793. The van der Waals surface area contributed by atoms with Crippen LogP contribution in [0.4, 0.5) is 0 Å². The third kappa shape index (κ3) is 1.71. The first-order valence-corrected chi connectivity index (χ1v) is 4.23. The summed E-state index contributed by atoms with van der Waals surface area (Å²) in [5.41, 5.74) is 0.181. The molecule has 0 fully saturated rings. The summed E-state index contributed by atoms with van der Waals surface area (Å²) in [7, 11) is 0. The van der Waals surface area contributed by atoms with E-state index < -0.39 is 0 Å². The third-order valence-electron chi connectivity index (χ3n) is 1.39. The van der Waals surface area contributed by atoms with Crippen molar-refractivity contribution >= 4 is 34.8 Å². The molecular weight excluding hydrogens is 230 g/mol. The number of hydrogen-bond acceptors (Lipinski definition) is 2. The highest BCUT2D eigenvalue weighted by Gasteiger charge is 2.13. The van der Waals surface area contributed by atoms with Crippen LogP contribution in [0.3, 0.4) is 0 Å².